The van der Waals surface area contributed by atoms with Crippen molar-refractivity contribution < 1.29 is 18.7 Å². The predicted octanol–water partition coefficient (Wildman–Crippen LogP) is 1.99. The summed E-state index contributed by atoms with van der Waals surface area (Å²) in [6, 6.07) is 4.46. The lowest BCUT2D eigenvalue weighted by atomic mass is 10.2. The predicted molar refractivity (Wildman–Crippen MR) is 88.2 cm³/mol. The molecule has 24 heavy (non-hydrogen) atoms. The maximum Gasteiger partial charge on any atom is 0.317 e. The van der Waals surface area contributed by atoms with Crippen molar-refractivity contribution in [2.75, 3.05) is 32.8 Å². The van der Waals surface area contributed by atoms with Gasteiger partial charge in [-0.05, 0) is 31.0 Å². The van der Waals surface area contributed by atoms with E-state index in [-0.39, 0.29) is 24.2 Å². The van der Waals surface area contributed by atoms with Crippen LogP contribution in [0.5, 0.6) is 5.75 Å². The summed E-state index contributed by atoms with van der Waals surface area (Å²) in [4.78, 5) is 27.1. The molecule has 3 amide bonds. The summed E-state index contributed by atoms with van der Waals surface area (Å²) < 4.78 is 19.0. The number of benzene rings is 1. The Kier molecular flexibility index (Phi) is 6.40. The highest BCUT2D eigenvalue weighted by molar-refractivity contribution is 5.75. The number of urea groups is 1. The Morgan fingerprint density at radius 1 is 1.21 bits per heavy atom. The molecule has 0 bridgehead atoms. The van der Waals surface area contributed by atoms with Crippen LogP contribution in [0.2, 0.25) is 0 Å². The first-order valence-corrected chi connectivity index (χ1v) is 8.20. The van der Waals surface area contributed by atoms with E-state index < -0.39 is 5.82 Å². The van der Waals surface area contributed by atoms with Crippen molar-refractivity contribution >= 4 is 11.9 Å². The van der Waals surface area contributed by atoms with Crippen LogP contribution < -0.4 is 10.1 Å². The molecule has 0 aliphatic carbocycles. The highest BCUT2D eigenvalue weighted by atomic mass is 19.1. The molecule has 0 unspecified atom stereocenters. The zero-order valence-electron chi connectivity index (χ0n) is 14.2. The number of hydrogen-bond donors (Lipinski definition) is 1. The van der Waals surface area contributed by atoms with Crippen LogP contribution in [0.1, 0.15) is 25.8 Å². The third-order valence-corrected chi connectivity index (χ3v) is 3.97. The molecule has 1 heterocycles. The topological polar surface area (TPSA) is 61.9 Å². The molecule has 1 saturated heterocycles. The van der Waals surface area contributed by atoms with Gasteiger partial charge in [-0.3, -0.25) is 4.79 Å². The molecule has 6 nitrogen and oxygen atoms in total. The maximum absolute atomic E-state index is 13.8. The van der Waals surface area contributed by atoms with Gasteiger partial charge in [-0.25, -0.2) is 9.18 Å². The Labute approximate surface area is 141 Å². The Morgan fingerprint density at radius 3 is 2.58 bits per heavy atom. The number of amides is 3. The molecule has 1 aliphatic heterocycles. The van der Waals surface area contributed by atoms with E-state index in [1.165, 1.54) is 13.0 Å². The third kappa shape index (κ3) is 4.84. The number of ether oxygens (including phenoxy) is 1. The van der Waals surface area contributed by atoms with Crippen molar-refractivity contribution in [3.8, 4) is 5.75 Å². The van der Waals surface area contributed by atoms with E-state index >= 15 is 0 Å². The first-order chi connectivity index (χ1) is 11.5. The molecule has 1 aromatic rings. The number of nitrogens with zero attached hydrogens (tertiary/aromatic N) is 2. The molecule has 1 aliphatic rings. The smallest absolute Gasteiger partial charge is 0.317 e. The van der Waals surface area contributed by atoms with Crippen molar-refractivity contribution in [3.05, 3.63) is 29.6 Å². The lowest BCUT2D eigenvalue weighted by Gasteiger charge is -2.21. The van der Waals surface area contributed by atoms with Crippen LogP contribution in [0.3, 0.4) is 0 Å². The Balaban J connectivity index is 1.86. The van der Waals surface area contributed by atoms with Gasteiger partial charge in [-0.2, -0.15) is 0 Å². The van der Waals surface area contributed by atoms with E-state index in [0.717, 1.165) is 6.42 Å². The molecule has 1 N–H and O–H groups in total. The average molecular weight is 337 g/mol. The minimum Gasteiger partial charge on any atom is -0.491 e. The van der Waals surface area contributed by atoms with Crippen LogP contribution in [0.4, 0.5) is 9.18 Å². The van der Waals surface area contributed by atoms with Gasteiger partial charge in [0.1, 0.15) is 0 Å². The second-order valence-corrected chi connectivity index (χ2v) is 5.70. The Morgan fingerprint density at radius 2 is 1.92 bits per heavy atom. The zero-order valence-corrected chi connectivity index (χ0v) is 14.2. The first kappa shape index (κ1) is 18.0. The van der Waals surface area contributed by atoms with E-state index in [2.05, 4.69) is 5.32 Å². The van der Waals surface area contributed by atoms with E-state index in [1.54, 1.807) is 28.9 Å². The van der Waals surface area contributed by atoms with Gasteiger partial charge in [0.25, 0.3) is 0 Å². The Bertz CT molecular complexity index is 594. The highest BCUT2D eigenvalue weighted by Crippen LogP contribution is 2.18. The fourth-order valence-corrected chi connectivity index (χ4v) is 2.65. The van der Waals surface area contributed by atoms with Crippen molar-refractivity contribution in [2.45, 2.75) is 26.8 Å². The summed E-state index contributed by atoms with van der Waals surface area (Å²) in [6.07, 6.45) is 0.755. The van der Waals surface area contributed by atoms with E-state index in [4.69, 9.17) is 4.74 Å². The van der Waals surface area contributed by atoms with E-state index in [9.17, 15) is 14.0 Å². The summed E-state index contributed by atoms with van der Waals surface area (Å²) in [6.45, 7) is 6.30. The fraction of sp³-hybridized carbons (Fsp3) is 0.529. The lowest BCUT2D eigenvalue weighted by Crippen LogP contribution is -2.42. The largest absolute Gasteiger partial charge is 0.491 e. The molecule has 132 valence electrons. The SMILES string of the molecule is CCOc1ccc(CNC(=O)N2CCCN(C(C)=O)CC2)cc1F. The van der Waals surface area contributed by atoms with Gasteiger partial charge in [0, 0.05) is 39.6 Å². The average Bonchev–Trinajstić information content (AvgIpc) is 2.81. The fourth-order valence-electron chi connectivity index (χ4n) is 2.65. The summed E-state index contributed by atoms with van der Waals surface area (Å²) >= 11 is 0. The quantitative estimate of drug-likeness (QED) is 0.914. The second kappa shape index (κ2) is 8.52. The summed E-state index contributed by atoms with van der Waals surface area (Å²) in [7, 11) is 0. The number of carbonyl (C=O) groups excluding carboxylic acids is 2. The standard InChI is InChI=1S/C17H24FN3O3/c1-3-24-16-6-5-14(11-15(16)18)12-19-17(23)21-8-4-7-20(9-10-21)13(2)22/h5-6,11H,3-4,7-10,12H2,1-2H3,(H,19,23). The molecule has 0 spiro atoms. The Hall–Kier alpha value is -2.31. The summed E-state index contributed by atoms with van der Waals surface area (Å²) in [5, 5.41) is 2.80. The number of halogens is 1. The van der Waals surface area contributed by atoms with E-state index in [1.807, 2.05) is 0 Å². The van der Waals surface area contributed by atoms with Gasteiger partial charge in [0.05, 0.1) is 6.61 Å². The molecule has 1 fully saturated rings. The van der Waals surface area contributed by atoms with Crippen LogP contribution >= 0.6 is 0 Å². The van der Waals surface area contributed by atoms with Gasteiger partial charge in [-0.15, -0.1) is 0 Å². The first-order valence-electron chi connectivity index (χ1n) is 8.20. The number of carbonyl (C=O) groups is 2. The molecule has 2 rings (SSSR count). The highest BCUT2D eigenvalue weighted by Gasteiger charge is 2.20. The van der Waals surface area contributed by atoms with Gasteiger partial charge < -0.3 is 19.9 Å². The second-order valence-electron chi connectivity index (χ2n) is 5.70. The third-order valence-electron chi connectivity index (χ3n) is 3.97. The molecule has 0 aromatic heterocycles. The van der Waals surface area contributed by atoms with Crippen LogP contribution in [0.25, 0.3) is 0 Å². The molecule has 0 saturated carbocycles. The molecule has 0 radical (unpaired) electrons. The molecule has 0 atom stereocenters. The molecular weight excluding hydrogens is 313 g/mol. The van der Waals surface area contributed by atoms with Crippen LogP contribution in [-0.2, 0) is 11.3 Å². The normalized spacial score (nSPS) is 15.0. The van der Waals surface area contributed by atoms with Crippen molar-refractivity contribution in [2.24, 2.45) is 0 Å². The monoisotopic (exact) mass is 337 g/mol. The van der Waals surface area contributed by atoms with Gasteiger partial charge in [0.15, 0.2) is 11.6 Å². The van der Waals surface area contributed by atoms with Crippen molar-refractivity contribution in [1.82, 2.24) is 15.1 Å². The summed E-state index contributed by atoms with van der Waals surface area (Å²) in [5.74, 6) is -0.193. The number of rotatable bonds is 4. The molecule has 1 aromatic carbocycles. The van der Waals surface area contributed by atoms with Gasteiger partial charge >= 0.3 is 6.03 Å². The molecule has 7 heteroatoms. The maximum atomic E-state index is 13.8. The minimum atomic E-state index is -0.435. The zero-order chi connectivity index (χ0) is 17.5. The van der Waals surface area contributed by atoms with E-state index in [0.29, 0.717) is 38.3 Å². The van der Waals surface area contributed by atoms with Crippen LogP contribution in [0.15, 0.2) is 18.2 Å². The van der Waals surface area contributed by atoms with Crippen molar-refractivity contribution in [3.63, 3.8) is 0 Å². The lowest BCUT2D eigenvalue weighted by molar-refractivity contribution is -0.128. The minimum absolute atomic E-state index is 0.0297. The van der Waals surface area contributed by atoms with Gasteiger partial charge in [-0.1, -0.05) is 6.07 Å². The van der Waals surface area contributed by atoms with Gasteiger partial charge in [0.2, 0.25) is 5.91 Å². The van der Waals surface area contributed by atoms with Crippen molar-refractivity contribution in [1.29, 1.82) is 0 Å². The number of hydrogen-bond acceptors (Lipinski definition) is 3. The number of nitrogens with one attached hydrogen (secondary N) is 1. The van der Waals surface area contributed by atoms with Crippen LogP contribution in [0, 0.1) is 5.82 Å². The summed E-state index contributed by atoms with van der Waals surface area (Å²) in [5.41, 5.74) is 0.671. The molecular formula is C17H24FN3O3. The van der Waals surface area contributed by atoms with Crippen LogP contribution in [-0.4, -0.2) is 54.5 Å².